The minimum absolute atomic E-state index is 0.307. The lowest BCUT2D eigenvalue weighted by Crippen LogP contribution is -2.41. The van der Waals surface area contributed by atoms with Crippen molar-refractivity contribution in [2.75, 3.05) is 6.61 Å². The summed E-state index contributed by atoms with van der Waals surface area (Å²) < 4.78 is 70.9. The summed E-state index contributed by atoms with van der Waals surface area (Å²) >= 11 is 0. The maximum atomic E-state index is 13.5. The Labute approximate surface area is 115 Å². The SMILES string of the molecule is C[C@H](NS(=O)(=O)c1ccc(F)c(F)c1F)[C@H]1CCCO1. The van der Waals surface area contributed by atoms with Gasteiger partial charge in [-0.05, 0) is 31.9 Å². The van der Waals surface area contributed by atoms with Gasteiger partial charge in [0.2, 0.25) is 10.0 Å². The lowest BCUT2D eigenvalue weighted by molar-refractivity contribution is 0.0902. The molecule has 0 unspecified atom stereocenters. The maximum absolute atomic E-state index is 13.5. The van der Waals surface area contributed by atoms with Crippen molar-refractivity contribution in [2.45, 2.75) is 36.8 Å². The highest BCUT2D eigenvalue weighted by Gasteiger charge is 2.29. The van der Waals surface area contributed by atoms with E-state index in [1.807, 2.05) is 0 Å². The Balaban J connectivity index is 2.24. The minimum atomic E-state index is -4.28. The van der Waals surface area contributed by atoms with Crippen LogP contribution in [0.2, 0.25) is 0 Å². The van der Waals surface area contributed by atoms with Gasteiger partial charge in [0.05, 0.1) is 6.10 Å². The van der Waals surface area contributed by atoms with E-state index in [2.05, 4.69) is 4.72 Å². The number of rotatable bonds is 4. The van der Waals surface area contributed by atoms with E-state index in [0.29, 0.717) is 25.2 Å². The van der Waals surface area contributed by atoms with Gasteiger partial charge < -0.3 is 4.74 Å². The molecule has 2 atom stereocenters. The molecule has 2 rings (SSSR count). The largest absolute Gasteiger partial charge is 0.377 e. The van der Waals surface area contributed by atoms with Crippen molar-refractivity contribution >= 4 is 10.0 Å². The van der Waals surface area contributed by atoms with Crippen molar-refractivity contribution in [3.8, 4) is 0 Å². The molecular formula is C12H14F3NO3S. The number of sulfonamides is 1. The summed E-state index contributed by atoms with van der Waals surface area (Å²) in [7, 11) is -4.28. The minimum Gasteiger partial charge on any atom is -0.377 e. The molecule has 0 amide bonds. The van der Waals surface area contributed by atoms with Crippen LogP contribution < -0.4 is 4.72 Å². The van der Waals surface area contributed by atoms with Gasteiger partial charge in [-0.1, -0.05) is 0 Å². The second-order valence-corrected chi connectivity index (χ2v) is 6.32. The molecule has 1 aromatic carbocycles. The van der Waals surface area contributed by atoms with Gasteiger partial charge in [0.15, 0.2) is 17.5 Å². The Morgan fingerprint density at radius 1 is 1.30 bits per heavy atom. The summed E-state index contributed by atoms with van der Waals surface area (Å²) in [6, 6.07) is 0.678. The third-order valence-electron chi connectivity index (χ3n) is 3.15. The number of ether oxygens (including phenoxy) is 1. The van der Waals surface area contributed by atoms with Gasteiger partial charge in [-0.2, -0.15) is 0 Å². The topological polar surface area (TPSA) is 55.4 Å². The van der Waals surface area contributed by atoms with Gasteiger partial charge in [0, 0.05) is 12.6 Å². The van der Waals surface area contributed by atoms with Gasteiger partial charge in [-0.3, -0.25) is 0 Å². The molecule has 0 aromatic heterocycles. The number of hydrogen-bond donors (Lipinski definition) is 1. The maximum Gasteiger partial charge on any atom is 0.243 e. The van der Waals surface area contributed by atoms with E-state index in [0.717, 1.165) is 6.42 Å². The van der Waals surface area contributed by atoms with Crippen molar-refractivity contribution in [2.24, 2.45) is 0 Å². The molecule has 1 aromatic rings. The summed E-state index contributed by atoms with van der Waals surface area (Å²) in [6.45, 7) is 2.11. The fourth-order valence-corrected chi connectivity index (χ4v) is 3.44. The molecule has 8 heteroatoms. The number of benzene rings is 1. The highest BCUT2D eigenvalue weighted by atomic mass is 32.2. The van der Waals surface area contributed by atoms with Crippen LogP contribution >= 0.6 is 0 Å². The first-order valence-corrected chi connectivity index (χ1v) is 7.58. The van der Waals surface area contributed by atoms with Crippen LogP contribution in [0, 0.1) is 17.5 Å². The monoisotopic (exact) mass is 309 g/mol. The summed E-state index contributed by atoms with van der Waals surface area (Å²) in [5, 5.41) is 0. The molecule has 1 aliphatic rings. The van der Waals surface area contributed by atoms with Crippen LogP contribution in [0.3, 0.4) is 0 Å². The first-order valence-electron chi connectivity index (χ1n) is 6.10. The van der Waals surface area contributed by atoms with Crippen LogP contribution in [0.25, 0.3) is 0 Å². The zero-order chi connectivity index (χ0) is 14.9. The van der Waals surface area contributed by atoms with E-state index in [9.17, 15) is 21.6 Å². The molecule has 0 spiro atoms. The highest BCUT2D eigenvalue weighted by molar-refractivity contribution is 7.89. The predicted octanol–water partition coefficient (Wildman–Crippen LogP) is 1.95. The van der Waals surface area contributed by atoms with E-state index >= 15 is 0 Å². The second-order valence-electron chi connectivity index (χ2n) is 4.63. The van der Waals surface area contributed by atoms with Crippen molar-refractivity contribution in [3.63, 3.8) is 0 Å². The van der Waals surface area contributed by atoms with Crippen LogP contribution in [-0.2, 0) is 14.8 Å². The second kappa shape index (κ2) is 5.71. The van der Waals surface area contributed by atoms with E-state index in [1.54, 1.807) is 6.92 Å². The lowest BCUT2D eigenvalue weighted by Gasteiger charge is -2.20. The van der Waals surface area contributed by atoms with Gasteiger partial charge in [0.1, 0.15) is 4.90 Å². The van der Waals surface area contributed by atoms with Crippen molar-refractivity contribution in [1.29, 1.82) is 0 Å². The number of halogens is 3. The van der Waals surface area contributed by atoms with Crippen LogP contribution in [-0.4, -0.2) is 27.2 Å². The molecule has 1 heterocycles. The number of hydrogen-bond acceptors (Lipinski definition) is 3. The third kappa shape index (κ3) is 2.97. The molecule has 20 heavy (non-hydrogen) atoms. The zero-order valence-corrected chi connectivity index (χ0v) is 11.5. The zero-order valence-electron chi connectivity index (χ0n) is 10.7. The molecule has 0 saturated carbocycles. The molecule has 0 aliphatic carbocycles. The van der Waals surface area contributed by atoms with Crippen molar-refractivity contribution in [1.82, 2.24) is 4.72 Å². The van der Waals surface area contributed by atoms with Crippen molar-refractivity contribution < 1.29 is 26.3 Å². The van der Waals surface area contributed by atoms with Crippen LogP contribution in [0.1, 0.15) is 19.8 Å². The average molecular weight is 309 g/mol. The molecule has 1 N–H and O–H groups in total. The Hall–Kier alpha value is -1.12. The first kappa shape index (κ1) is 15.3. The van der Waals surface area contributed by atoms with E-state index in [-0.39, 0.29) is 6.10 Å². The Morgan fingerprint density at radius 3 is 2.60 bits per heavy atom. The summed E-state index contributed by atoms with van der Waals surface area (Å²) in [4.78, 5) is -0.916. The lowest BCUT2D eigenvalue weighted by atomic mass is 10.1. The fourth-order valence-electron chi connectivity index (χ4n) is 2.10. The highest BCUT2D eigenvalue weighted by Crippen LogP contribution is 2.21. The standard InChI is InChI=1S/C12H14F3NO3S/c1-7(9-3-2-6-19-9)16-20(17,18)10-5-4-8(13)11(14)12(10)15/h4-5,7,9,16H,2-3,6H2,1H3/t7-,9+/m0/s1. The quantitative estimate of drug-likeness (QED) is 0.865. The molecule has 112 valence electrons. The first-order chi connectivity index (χ1) is 9.33. The summed E-state index contributed by atoms with van der Waals surface area (Å²) in [6.07, 6.45) is 1.19. The van der Waals surface area contributed by atoms with Crippen LogP contribution in [0.4, 0.5) is 13.2 Å². The molecule has 0 bridgehead atoms. The molecule has 0 radical (unpaired) electrons. The average Bonchev–Trinajstić information content (AvgIpc) is 2.89. The molecule has 4 nitrogen and oxygen atoms in total. The Bertz CT molecular complexity index is 600. The van der Waals surface area contributed by atoms with Gasteiger partial charge in [-0.15, -0.1) is 0 Å². The Morgan fingerprint density at radius 2 is 2.00 bits per heavy atom. The fraction of sp³-hybridized carbons (Fsp3) is 0.500. The van der Waals surface area contributed by atoms with E-state index in [4.69, 9.17) is 4.74 Å². The summed E-state index contributed by atoms with van der Waals surface area (Å²) in [5.41, 5.74) is 0. The van der Waals surface area contributed by atoms with Gasteiger partial charge >= 0.3 is 0 Å². The Kier molecular flexibility index (Phi) is 4.36. The van der Waals surface area contributed by atoms with Crippen LogP contribution in [0.15, 0.2) is 17.0 Å². The summed E-state index contributed by atoms with van der Waals surface area (Å²) in [5.74, 6) is -4.97. The molecule has 1 fully saturated rings. The smallest absolute Gasteiger partial charge is 0.243 e. The van der Waals surface area contributed by atoms with E-state index in [1.165, 1.54) is 0 Å². The van der Waals surface area contributed by atoms with Crippen LogP contribution in [0.5, 0.6) is 0 Å². The third-order valence-corrected chi connectivity index (χ3v) is 4.73. The van der Waals surface area contributed by atoms with Gasteiger partial charge in [0.25, 0.3) is 0 Å². The van der Waals surface area contributed by atoms with Crippen molar-refractivity contribution in [3.05, 3.63) is 29.6 Å². The molecule has 1 aliphatic heterocycles. The molecular weight excluding hydrogens is 295 g/mol. The predicted molar refractivity (Wildman–Crippen MR) is 65.1 cm³/mol. The number of nitrogens with one attached hydrogen (secondary N) is 1. The normalized spacial score (nSPS) is 21.1. The molecule has 1 saturated heterocycles. The van der Waals surface area contributed by atoms with Gasteiger partial charge in [-0.25, -0.2) is 26.3 Å². The van der Waals surface area contributed by atoms with E-state index < -0.39 is 38.4 Å².